The topological polar surface area (TPSA) is 35.5 Å². The molecule has 16 heavy (non-hydrogen) atoms. The smallest absolute Gasteiger partial charge is 0.333 e. The van der Waals surface area contributed by atoms with Gasteiger partial charge in [0.15, 0.2) is 8.32 Å². The van der Waals surface area contributed by atoms with Crippen LogP contribution < -0.4 is 0 Å². The molecule has 2 unspecified atom stereocenters. The Balaban J connectivity index is 4.38. The fraction of sp³-hybridized carbons (Fsp3) is 0.727. The van der Waals surface area contributed by atoms with Crippen LogP contribution in [0.25, 0.3) is 0 Å². The number of hydrogen-bond donors (Lipinski definition) is 0. The lowest BCUT2D eigenvalue weighted by atomic mass is 10.4. The zero-order valence-corrected chi connectivity index (χ0v) is 13.4. The van der Waals surface area contributed by atoms with E-state index in [9.17, 15) is 4.79 Å². The second-order valence-corrected chi connectivity index (χ2v) is 12.4. The van der Waals surface area contributed by atoms with Crippen molar-refractivity contribution in [2.24, 2.45) is 0 Å². The summed E-state index contributed by atoms with van der Waals surface area (Å²) in [5.74, 6) is -0.301. The maximum atomic E-state index is 11.4. The lowest BCUT2D eigenvalue weighted by molar-refractivity contribution is -0.141. The minimum atomic E-state index is -1.53. The number of esters is 1. The van der Waals surface area contributed by atoms with Crippen LogP contribution in [0.1, 0.15) is 20.3 Å². The maximum absolute atomic E-state index is 11.4. The highest BCUT2D eigenvalue weighted by atomic mass is 28.4. The predicted molar refractivity (Wildman–Crippen MR) is 72.4 cm³/mol. The fourth-order valence-electron chi connectivity index (χ4n) is 1.38. The van der Waals surface area contributed by atoms with E-state index in [4.69, 9.17) is 8.85 Å². The molecule has 94 valence electrons. The van der Waals surface area contributed by atoms with Gasteiger partial charge in [-0.1, -0.05) is 13.5 Å². The van der Waals surface area contributed by atoms with Crippen LogP contribution in [-0.2, 0) is 13.6 Å². The molecule has 0 amide bonds. The number of hydrogen-bond acceptors (Lipinski definition) is 3. The van der Waals surface area contributed by atoms with Crippen molar-refractivity contribution in [2.75, 3.05) is 0 Å². The van der Waals surface area contributed by atoms with Crippen molar-refractivity contribution in [1.29, 1.82) is 0 Å². The third-order valence-corrected chi connectivity index (χ3v) is 8.04. The first-order chi connectivity index (χ1) is 7.17. The molecule has 0 aliphatic heterocycles. The summed E-state index contributed by atoms with van der Waals surface area (Å²) in [7, 11) is -2.99. The van der Waals surface area contributed by atoms with Gasteiger partial charge in [0.05, 0.1) is 0 Å². The summed E-state index contributed by atoms with van der Waals surface area (Å²) in [6.45, 7) is 15.8. The van der Waals surface area contributed by atoms with Gasteiger partial charge >= 0.3 is 5.97 Å². The minimum Gasteiger partial charge on any atom is -0.460 e. The molecule has 3 nitrogen and oxygen atoms in total. The molecule has 0 aromatic carbocycles. The van der Waals surface area contributed by atoms with Crippen LogP contribution in [0.5, 0.6) is 0 Å². The van der Waals surface area contributed by atoms with Gasteiger partial charge in [-0.25, -0.2) is 4.79 Å². The Kier molecular flexibility index (Phi) is 6.21. The zero-order chi connectivity index (χ0) is 12.9. The molecule has 0 heterocycles. The maximum Gasteiger partial charge on any atom is 0.333 e. The molecule has 0 saturated carbocycles. The summed E-state index contributed by atoms with van der Waals surface area (Å²) in [5.41, 5.74) is 0.406. The molecule has 0 rings (SSSR count). The molecule has 0 aliphatic carbocycles. The Morgan fingerprint density at radius 3 is 2.25 bits per heavy atom. The van der Waals surface area contributed by atoms with E-state index >= 15 is 0 Å². The Bertz CT molecular complexity index is 258. The van der Waals surface area contributed by atoms with Crippen molar-refractivity contribution < 1.29 is 13.6 Å². The average molecular weight is 260 g/mol. The van der Waals surface area contributed by atoms with Crippen molar-refractivity contribution in [3.05, 3.63) is 12.2 Å². The molecule has 0 aromatic rings. The molecule has 0 aliphatic rings. The van der Waals surface area contributed by atoms with Crippen LogP contribution in [0, 0.1) is 0 Å². The summed E-state index contributed by atoms with van der Waals surface area (Å²) in [6.07, 6.45) is 0.816. The minimum absolute atomic E-state index is 0.0454. The first-order valence-corrected chi connectivity index (χ1v) is 11.4. The molecular weight excluding hydrogens is 236 g/mol. The highest BCUT2D eigenvalue weighted by Crippen LogP contribution is 2.13. The monoisotopic (exact) mass is 260 g/mol. The van der Waals surface area contributed by atoms with Crippen LogP contribution >= 0.6 is 0 Å². The molecule has 0 aromatic heterocycles. The lowest BCUT2D eigenvalue weighted by Crippen LogP contribution is -2.42. The second kappa shape index (κ2) is 6.37. The average Bonchev–Trinajstić information content (AvgIpc) is 2.10. The molecule has 0 bridgehead atoms. The van der Waals surface area contributed by atoms with E-state index in [0.29, 0.717) is 5.57 Å². The third-order valence-electron chi connectivity index (χ3n) is 2.07. The normalized spacial score (nSPS) is 15.4. The highest BCUT2D eigenvalue weighted by Gasteiger charge is 2.27. The lowest BCUT2D eigenvalue weighted by Gasteiger charge is -2.28. The van der Waals surface area contributed by atoms with Gasteiger partial charge in [0.25, 0.3) is 0 Å². The Morgan fingerprint density at radius 1 is 1.44 bits per heavy atom. The molecule has 0 saturated heterocycles. The largest absolute Gasteiger partial charge is 0.460 e. The highest BCUT2D eigenvalue weighted by molar-refractivity contribution is 6.77. The Labute approximate surface area is 102 Å². The number of carbonyl (C=O) groups excluding carboxylic acids is 1. The Hall–Kier alpha value is -0.396. The number of ether oxygens (including phenoxy) is 1. The molecule has 5 heteroatoms. The van der Waals surface area contributed by atoms with Crippen LogP contribution in [-0.4, -0.2) is 29.1 Å². The van der Waals surface area contributed by atoms with Gasteiger partial charge in [-0.05, 0) is 39.5 Å². The van der Waals surface area contributed by atoms with E-state index in [1.807, 2.05) is 6.92 Å². The first-order valence-electron chi connectivity index (χ1n) is 5.71. The quantitative estimate of drug-likeness (QED) is 0.418. The van der Waals surface area contributed by atoms with Gasteiger partial charge in [0, 0.05) is 5.57 Å². The van der Waals surface area contributed by atoms with Crippen molar-refractivity contribution >= 4 is 23.3 Å². The standard InChI is InChI=1S/C11H24O3Si2/c1-8-10(13-11(12)9(2)3)15(4)14-16(5,6)7/h10,15H,2,8H2,1,3-7H3. The molecule has 0 N–H and O–H groups in total. The van der Waals surface area contributed by atoms with Gasteiger partial charge in [0.1, 0.15) is 5.73 Å². The molecule has 2 atom stereocenters. The van der Waals surface area contributed by atoms with Gasteiger partial charge in [-0.2, -0.15) is 0 Å². The van der Waals surface area contributed by atoms with Crippen LogP contribution in [0.3, 0.4) is 0 Å². The van der Waals surface area contributed by atoms with Gasteiger partial charge in [-0.15, -0.1) is 0 Å². The van der Waals surface area contributed by atoms with E-state index in [-0.39, 0.29) is 11.7 Å². The molecule has 0 fully saturated rings. The predicted octanol–water partition coefficient (Wildman–Crippen LogP) is 2.63. The summed E-state index contributed by atoms with van der Waals surface area (Å²) < 4.78 is 11.4. The van der Waals surface area contributed by atoms with E-state index in [0.717, 1.165) is 6.42 Å². The number of rotatable bonds is 6. The summed E-state index contributed by atoms with van der Waals surface area (Å²) >= 11 is 0. The SMILES string of the molecule is C=C(C)C(=O)OC(CC)[SiH](C)O[Si](C)(C)C. The van der Waals surface area contributed by atoms with Crippen LogP contribution in [0.4, 0.5) is 0 Å². The van der Waals surface area contributed by atoms with Crippen LogP contribution in [0.2, 0.25) is 26.2 Å². The summed E-state index contributed by atoms with van der Waals surface area (Å²) in [5, 5.41) is 0. The molecule has 0 radical (unpaired) electrons. The van der Waals surface area contributed by atoms with Gasteiger partial charge < -0.3 is 8.85 Å². The van der Waals surface area contributed by atoms with Crippen molar-refractivity contribution in [3.8, 4) is 0 Å². The molecule has 0 spiro atoms. The van der Waals surface area contributed by atoms with E-state index in [1.54, 1.807) is 6.92 Å². The summed E-state index contributed by atoms with van der Waals surface area (Å²) in [6, 6.07) is 0. The fourth-order valence-corrected chi connectivity index (χ4v) is 7.43. The van der Waals surface area contributed by atoms with Crippen LogP contribution in [0.15, 0.2) is 12.2 Å². The summed E-state index contributed by atoms with van der Waals surface area (Å²) in [4.78, 5) is 11.4. The van der Waals surface area contributed by atoms with Crippen molar-refractivity contribution in [3.63, 3.8) is 0 Å². The van der Waals surface area contributed by atoms with Gasteiger partial charge in [0.2, 0.25) is 9.04 Å². The zero-order valence-electron chi connectivity index (χ0n) is 11.3. The Morgan fingerprint density at radius 2 is 1.94 bits per heavy atom. The van der Waals surface area contributed by atoms with Gasteiger partial charge in [-0.3, -0.25) is 0 Å². The first kappa shape index (κ1) is 15.6. The second-order valence-electron chi connectivity index (χ2n) is 5.07. The molecular formula is C11H24O3Si2. The van der Waals surface area contributed by atoms with E-state index in [2.05, 4.69) is 32.8 Å². The van der Waals surface area contributed by atoms with Crippen molar-refractivity contribution in [2.45, 2.75) is 52.2 Å². The van der Waals surface area contributed by atoms with E-state index < -0.39 is 17.4 Å². The van der Waals surface area contributed by atoms with Crippen molar-refractivity contribution in [1.82, 2.24) is 0 Å². The third kappa shape index (κ3) is 6.24. The van der Waals surface area contributed by atoms with E-state index in [1.165, 1.54) is 0 Å². The number of carbonyl (C=O) groups is 1.